The Labute approximate surface area is 171 Å². The molecule has 0 aliphatic carbocycles. The Hall–Kier alpha value is -2.87. The Morgan fingerprint density at radius 2 is 1.90 bits per heavy atom. The molecule has 0 unspecified atom stereocenters. The van der Waals surface area contributed by atoms with Gasteiger partial charge in [-0.05, 0) is 49.6 Å². The van der Waals surface area contributed by atoms with Gasteiger partial charge in [0.1, 0.15) is 6.04 Å². The molecule has 1 atom stereocenters. The molecule has 8 heteroatoms. The molecule has 0 saturated carbocycles. The molecule has 1 aliphatic heterocycles. The maximum absolute atomic E-state index is 13.2. The van der Waals surface area contributed by atoms with E-state index in [9.17, 15) is 18.0 Å². The first kappa shape index (κ1) is 20.9. The van der Waals surface area contributed by atoms with Crippen molar-refractivity contribution in [3.05, 3.63) is 59.7 Å². The van der Waals surface area contributed by atoms with Gasteiger partial charge in [-0.3, -0.25) is 13.9 Å². The predicted octanol–water partition coefficient (Wildman–Crippen LogP) is 2.08. The zero-order valence-electron chi connectivity index (χ0n) is 16.5. The van der Waals surface area contributed by atoms with E-state index >= 15 is 0 Å². The number of hydrogen-bond donors (Lipinski definition) is 2. The SMILES string of the molecule is CCCNC(=O)[C@@H](C)NC(=O)c1cccc(S(=O)(=O)N2CCc3ccccc32)c1. The van der Waals surface area contributed by atoms with Gasteiger partial charge in [0, 0.05) is 18.7 Å². The number of amides is 2. The summed E-state index contributed by atoms with van der Waals surface area (Å²) in [6, 6.07) is 12.6. The van der Waals surface area contributed by atoms with Crippen LogP contribution in [-0.4, -0.2) is 39.4 Å². The minimum absolute atomic E-state index is 0.0462. The van der Waals surface area contributed by atoms with Crippen LogP contribution in [0.15, 0.2) is 53.4 Å². The lowest BCUT2D eigenvalue weighted by Gasteiger charge is -2.20. The molecule has 2 amide bonds. The smallest absolute Gasteiger partial charge is 0.264 e. The number of carbonyl (C=O) groups is 2. The van der Waals surface area contributed by atoms with E-state index in [2.05, 4.69) is 10.6 Å². The van der Waals surface area contributed by atoms with Crippen LogP contribution in [0.2, 0.25) is 0 Å². The summed E-state index contributed by atoms with van der Waals surface area (Å²) in [5.41, 5.74) is 1.84. The fourth-order valence-corrected chi connectivity index (χ4v) is 4.78. The van der Waals surface area contributed by atoms with Crippen LogP contribution in [0, 0.1) is 0 Å². The van der Waals surface area contributed by atoms with E-state index in [-0.39, 0.29) is 16.4 Å². The van der Waals surface area contributed by atoms with Crippen molar-refractivity contribution in [3.63, 3.8) is 0 Å². The van der Waals surface area contributed by atoms with Crippen LogP contribution in [0.5, 0.6) is 0 Å². The average Bonchev–Trinajstić information content (AvgIpc) is 3.17. The van der Waals surface area contributed by atoms with Gasteiger partial charge in [0.2, 0.25) is 5.91 Å². The van der Waals surface area contributed by atoms with Crippen molar-refractivity contribution in [2.75, 3.05) is 17.4 Å². The van der Waals surface area contributed by atoms with Crippen LogP contribution in [0.4, 0.5) is 5.69 Å². The number of nitrogens with one attached hydrogen (secondary N) is 2. The summed E-state index contributed by atoms with van der Waals surface area (Å²) in [5, 5.41) is 5.32. The Bertz CT molecular complexity index is 1020. The first-order chi connectivity index (χ1) is 13.8. The molecule has 0 bridgehead atoms. The zero-order valence-corrected chi connectivity index (χ0v) is 17.3. The molecule has 0 saturated heterocycles. The number of nitrogens with zero attached hydrogens (tertiary/aromatic N) is 1. The third-order valence-corrected chi connectivity index (χ3v) is 6.63. The number of para-hydroxylation sites is 1. The maximum atomic E-state index is 13.2. The van der Waals surface area contributed by atoms with Crippen molar-refractivity contribution in [1.29, 1.82) is 0 Å². The highest BCUT2D eigenvalue weighted by molar-refractivity contribution is 7.92. The summed E-state index contributed by atoms with van der Waals surface area (Å²) in [5.74, 6) is -0.777. The number of sulfonamides is 1. The highest BCUT2D eigenvalue weighted by Crippen LogP contribution is 2.32. The van der Waals surface area contributed by atoms with Crippen molar-refractivity contribution < 1.29 is 18.0 Å². The molecular formula is C21H25N3O4S. The number of fused-ring (bicyclic) bond motifs is 1. The largest absolute Gasteiger partial charge is 0.354 e. The molecule has 29 heavy (non-hydrogen) atoms. The summed E-state index contributed by atoms with van der Waals surface area (Å²) in [4.78, 5) is 24.5. The third-order valence-electron chi connectivity index (χ3n) is 4.82. The van der Waals surface area contributed by atoms with Gasteiger partial charge in [0.05, 0.1) is 10.6 Å². The Kier molecular flexibility index (Phi) is 6.22. The predicted molar refractivity (Wildman–Crippen MR) is 111 cm³/mol. The number of rotatable bonds is 7. The number of benzene rings is 2. The van der Waals surface area contributed by atoms with E-state index < -0.39 is 22.0 Å². The first-order valence-corrected chi connectivity index (χ1v) is 11.1. The van der Waals surface area contributed by atoms with Gasteiger partial charge in [-0.15, -0.1) is 0 Å². The molecule has 1 heterocycles. The summed E-state index contributed by atoms with van der Waals surface area (Å²) < 4.78 is 27.7. The molecule has 0 spiro atoms. The second-order valence-electron chi connectivity index (χ2n) is 6.97. The number of carbonyl (C=O) groups excluding carboxylic acids is 2. The molecule has 3 rings (SSSR count). The Morgan fingerprint density at radius 1 is 1.14 bits per heavy atom. The molecule has 154 valence electrons. The minimum atomic E-state index is -3.79. The molecular weight excluding hydrogens is 390 g/mol. The monoisotopic (exact) mass is 415 g/mol. The first-order valence-electron chi connectivity index (χ1n) is 9.64. The molecule has 0 fully saturated rings. The highest BCUT2D eigenvalue weighted by atomic mass is 32.2. The van der Waals surface area contributed by atoms with Gasteiger partial charge in [-0.1, -0.05) is 31.2 Å². The second kappa shape index (κ2) is 8.65. The van der Waals surface area contributed by atoms with Gasteiger partial charge in [0.15, 0.2) is 0 Å². The van der Waals surface area contributed by atoms with Crippen LogP contribution >= 0.6 is 0 Å². The standard InChI is InChI=1S/C21H25N3O4S/c1-3-12-22-20(25)15(2)23-21(26)17-8-6-9-18(14-17)29(27,28)24-13-11-16-7-4-5-10-19(16)24/h4-10,14-15H,3,11-13H2,1-2H3,(H,22,25)(H,23,26)/t15-/m1/s1. The van der Waals surface area contributed by atoms with Crippen LogP contribution in [-0.2, 0) is 21.2 Å². The maximum Gasteiger partial charge on any atom is 0.264 e. The molecule has 7 nitrogen and oxygen atoms in total. The van der Waals surface area contributed by atoms with E-state index in [1.807, 2.05) is 25.1 Å². The van der Waals surface area contributed by atoms with Crippen molar-refractivity contribution in [2.24, 2.45) is 0 Å². The topological polar surface area (TPSA) is 95.6 Å². The number of hydrogen-bond acceptors (Lipinski definition) is 4. The van der Waals surface area contributed by atoms with Crippen LogP contribution in [0.1, 0.15) is 36.2 Å². The highest BCUT2D eigenvalue weighted by Gasteiger charge is 2.31. The average molecular weight is 416 g/mol. The van der Waals surface area contributed by atoms with Crippen LogP contribution < -0.4 is 14.9 Å². The van der Waals surface area contributed by atoms with Gasteiger partial charge < -0.3 is 10.6 Å². The van der Waals surface area contributed by atoms with Crippen LogP contribution in [0.25, 0.3) is 0 Å². The second-order valence-corrected chi connectivity index (χ2v) is 8.83. The lowest BCUT2D eigenvalue weighted by Crippen LogP contribution is -2.45. The van der Waals surface area contributed by atoms with E-state index in [0.29, 0.717) is 25.2 Å². The van der Waals surface area contributed by atoms with Crippen molar-refractivity contribution in [3.8, 4) is 0 Å². The Morgan fingerprint density at radius 3 is 2.66 bits per heavy atom. The zero-order chi connectivity index (χ0) is 21.0. The quantitative estimate of drug-likeness (QED) is 0.724. The molecule has 2 aromatic carbocycles. The molecule has 2 N–H and O–H groups in total. The third kappa shape index (κ3) is 4.42. The van der Waals surface area contributed by atoms with Gasteiger partial charge in [-0.2, -0.15) is 0 Å². The molecule has 0 aromatic heterocycles. The summed E-state index contributed by atoms with van der Waals surface area (Å²) in [6.07, 6.45) is 1.45. The van der Waals surface area contributed by atoms with Crippen molar-refractivity contribution >= 4 is 27.5 Å². The van der Waals surface area contributed by atoms with Crippen molar-refractivity contribution in [2.45, 2.75) is 37.6 Å². The van der Waals surface area contributed by atoms with Gasteiger partial charge in [-0.25, -0.2) is 8.42 Å². The van der Waals surface area contributed by atoms with E-state index in [1.165, 1.54) is 28.6 Å². The van der Waals surface area contributed by atoms with Crippen LogP contribution in [0.3, 0.4) is 0 Å². The lowest BCUT2D eigenvalue weighted by atomic mass is 10.2. The van der Waals surface area contributed by atoms with E-state index in [0.717, 1.165) is 12.0 Å². The Balaban J connectivity index is 1.79. The van der Waals surface area contributed by atoms with E-state index in [4.69, 9.17) is 0 Å². The lowest BCUT2D eigenvalue weighted by molar-refractivity contribution is -0.122. The molecule has 0 radical (unpaired) electrons. The van der Waals surface area contributed by atoms with Gasteiger partial charge >= 0.3 is 0 Å². The van der Waals surface area contributed by atoms with E-state index in [1.54, 1.807) is 13.0 Å². The molecule has 2 aromatic rings. The molecule has 1 aliphatic rings. The summed E-state index contributed by atoms with van der Waals surface area (Å²) in [7, 11) is -3.79. The minimum Gasteiger partial charge on any atom is -0.354 e. The fourth-order valence-electron chi connectivity index (χ4n) is 3.23. The van der Waals surface area contributed by atoms with Crippen molar-refractivity contribution in [1.82, 2.24) is 10.6 Å². The fraction of sp³-hybridized carbons (Fsp3) is 0.333. The number of anilines is 1. The van der Waals surface area contributed by atoms with Gasteiger partial charge in [0.25, 0.3) is 15.9 Å². The normalized spacial score (nSPS) is 14.2. The summed E-state index contributed by atoms with van der Waals surface area (Å²) >= 11 is 0. The summed E-state index contributed by atoms with van der Waals surface area (Å²) in [6.45, 7) is 4.43.